The van der Waals surface area contributed by atoms with Gasteiger partial charge in [0.2, 0.25) is 0 Å². The molecule has 0 heterocycles. The van der Waals surface area contributed by atoms with Gasteiger partial charge in [-0.15, -0.1) is 0 Å². The topological polar surface area (TPSA) is 91.7 Å². The van der Waals surface area contributed by atoms with Crippen LogP contribution < -0.4 is 0 Å². The Morgan fingerprint density at radius 1 is 1.18 bits per heavy atom. The van der Waals surface area contributed by atoms with Crippen molar-refractivity contribution in [1.82, 2.24) is 0 Å². The average molecular weight is 164 g/mol. The zero-order valence-electron chi connectivity index (χ0n) is 6.70. The lowest BCUT2D eigenvalue weighted by Crippen LogP contribution is -1.78. The van der Waals surface area contributed by atoms with Crippen molar-refractivity contribution >= 4 is 18.2 Å². The monoisotopic (exact) mass is 164 g/mol. The molecule has 0 aromatic carbocycles. The predicted molar refractivity (Wildman–Crippen MR) is 38.4 cm³/mol. The molecule has 0 unspecified atom stereocenters. The Hall–Kier alpha value is -1.39. The molecule has 0 aromatic heterocycles. The Balaban J connectivity index is -0.0000000886. The second kappa shape index (κ2) is 15.8. The molecule has 0 aliphatic heterocycles. The Morgan fingerprint density at radius 2 is 1.18 bits per heavy atom. The zero-order chi connectivity index (χ0) is 9.86. The van der Waals surface area contributed by atoms with Gasteiger partial charge in [-0.05, 0) is 13.8 Å². The maximum Gasteiger partial charge on any atom is 0.300 e. The van der Waals surface area contributed by atoms with Crippen LogP contribution in [0.2, 0.25) is 0 Å². The van der Waals surface area contributed by atoms with Gasteiger partial charge in [-0.2, -0.15) is 0 Å². The molecule has 0 saturated heterocycles. The summed E-state index contributed by atoms with van der Waals surface area (Å²) in [5.74, 6) is -0.667. The van der Waals surface area contributed by atoms with E-state index in [2.05, 4.69) is 0 Å². The van der Waals surface area contributed by atoms with Crippen molar-refractivity contribution in [2.75, 3.05) is 0 Å². The van der Waals surface area contributed by atoms with Crippen LogP contribution in [-0.4, -0.2) is 28.4 Å². The summed E-state index contributed by atoms with van der Waals surface area (Å²) >= 11 is 0. The maximum absolute atomic E-state index is 9.44. The van der Waals surface area contributed by atoms with Gasteiger partial charge in [0.15, 0.2) is 0 Å². The molecular weight excluding hydrogens is 152 g/mol. The third-order valence-electron chi connectivity index (χ3n) is 0. The SMILES string of the molecule is CC(=O)O.CC(C)=O.O=CO. The van der Waals surface area contributed by atoms with E-state index in [1.54, 1.807) is 0 Å². The van der Waals surface area contributed by atoms with Crippen LogP contribution in [0, 0.1) is 0 Å². The number of carboxylic acids is 1. The van der Waals surface area contributed by atoms with Crippen LogP contribution in [0.1, 0.15) is 20.8 Å². The smallest absolute Gasteiger partial charge is 0.300 e. The highest BCUT2D eigenvalue weighted by Gasteiger charge is 1.65. The van der Waals surface area contributed by atoms with Crippen molar-refractivity contribution in [3.63, 3.8) is 0 Å². The first-order valence-corrected chi connectivity index (χ1v) is 2.63. The van der Waals surface area contributed by atoms with Crippen molar-refractivity contribution in [3.8, 4) is 0 Å². The molecule has 0 bridgehead atoms. The Morgan fingerprint density at radius 3 is 1.18 bits per heavy atom. The largest absolute Gasteiger partial charge is 0.483 e. The van der Waals surface area contributed by atoms with Gasteiger partial charge in [0.1, 0.15) is 5.78 Å². The highest BCUT2D eigenvalue weighted by Crippen LogP contribution is 1.50. The van der Waals surface area contributed by atoms with Crippen LogP contribution in [0.25, 0.3) is 0 Å². The number of carboxylic acid groups (broad SMARTS) is 2. The summed E-state index contributed by atoms with van der Waals surface area (Å²) in [4.78, 5) is 26.8. The summed E-state index contributed by atoms with van der Waals surface area (Å²) in [5, 5.41) is 14.3. The van der Waals surface area contributed by atoms with Gasteiger partial charge in [0.05, 0.1) is 0 Å². The fraction of sp³-hybridized carbons (Fsp3) is 0.500. The van der Waals surface area contributed by atoms with Gasteiger partial charge < -0.3 is 15.0 Å². The highest BCUT2D eigenvalue weighted by molar-refractivity contribution is 5.72. The van der Waals surface area contributed by atoms with Gasteiger partial charge in [-0.25, -0.2) is 0 Å². The number of carbonyl (C=O) groups excluding carboxylic acids is 1. The minimum Gasteiger partial charge on any atom is -0.483 e. The van der Waals surface area contributed by atoms with Crippen molar-refractivity contribution in [2.45, 2.75) is 20.8 Å². The van der Waals surface area contributed by atoms with Gasteiger partial charge in [0, 0.05) is 6.92 Å². The van der Waals surface area contributed by atoms with E-state index < -0.39 is 5.97 Å². The molecule has 11 heavy (non-hydrogen) atoms. The summed E-state index contributed by atoms with van der Waals surface area (Å²) in [7, 11) is 0. The van der Waals surface area contributed by atoms with Gasteiger partial charge in [-0.3, -0.25) is 9.59 Å². The molecule has 0 radical (unpaired) electrons. The minimum atomic E-state index is -0.833. The zero-order valence-corrected chi connectivity index (χ0v) is 6.70. The Bertz CT molecular complexity index is 98.1. The van der Waals surface area contributed by atoms with E-state index in [0.29, 0.717) is 0 Å². The number of hydrogen-bond donors (Lipinski definition) is 2. The third kappa shape index (κ3) is 195. The molecule has 0 aliphatic carbocycles. The summed E-state index contributed by atoms with van der Waals surface area (Å²) in [6.07, 6.45) is 0. The highest BCUT2D eigenvalue weighted by atomic mass is 16.4. The number of Topliss-reactive ketones (excluding diaryl/α,β-unsaturated/α-hetero) is 1. The lowest BCUT2D eigenvalue weighted by Gasteiger charge is -1.59. The first-order valence-electron chi connectivity index (χ1n) is 2.63. The number of ketones is 1. The number of rotatable bonds is 0. The number of hydrogen-bond acceptors (Lipinski definition) is 3. The second-order valence-electron chi connectivity index (χ2n) is 1.53. The van der Waals surface area contributed by atoms with Gasteiger partial charge in [0.25, 0.3) is 12.4 Å². The van der Waals surface area contributed by atoms with Crippen molar-refractivity contribution in [3.05, 3.63) is 0 Å². The van der Waals surface area contributed by atoms with Crippen molar-refractivity contribution in [2.24, 2.45) is 0 Å². The van der Waals surface area contributed by atoms with E-state index in [0.717, 1.165) is 6.92 Å². The molecule has 5 heteroatoms. The molecular formula is C6H12O5. The Kier molecular flexibility index (Phi) is 23.5. The van der Waals surface area contributed by atoms with E-state index in [1.807, 2.05) is 0 Å². The number of aliphatic carboxylic acids is 1. The van der Waals surface area contributed by atoms with Gasteiger partial charge >= 0.3 is 0 Å². The van der Waals surface area contributed by atoms with E-state index in [9.17, 15) is 4.79 Å². The van der Waals surface area contributed by atoms with Crippen LogP contribution in [0.4, 0.5) is 0 Å². The molecule has 0 aromatic rings. The first-order chi connectivity index (χ1) is 4.88. The van der Waals surface area contributed by atoms with E-state index in [4.69, 9.17) is 19.8 Å². The molecule has 0 rings (SSSR count). The van der Waals surface area contributed by atoms with Crippen molar-refractivity contribution < 1.29 is 24.6 Å². The molecule has 0 amide bonds. The number of carbonyl (C=O) groups is 3. The molecule has 66 valence electrons. The van der Waals surface area contributed by atoms with Gasteiger partial charge in [-0.1, -0.05) is 0 Å². The standard InChI is InChI=1S/C3H6O.C2H4O2.CH2O2/c1-3(2)4;1-2(3)4;2-1-3/h1-2H3;1H3,(H,3,4);1H,(H,2,3). The quantitative estimate of drug-likeness (QED) is 0.505. The maximum atomic E-state index is 9.44. The van der Waals surface area contributed by atoms with Crippen molar-refractivity contribution in [1.29, 1.82) is 0 Å². The van der Waals surface area contributed by atoms with E-state index in [-0.39, 0.29) is 12.3 Å². The summed E-state index contributed by atoms with van der Waals surface area (Å²) in [6, 6.07) is 0. The van der Waals surface area contributed by atoms with E-state index >= 15 is 0 Å². The molecule has 0 fully saturated rings. The normalized spacial score (nSPS) is 5.73. The van der Waals surface area contributed by atoms with Crippen LogP contribution in [-0.2, 0) is 14.4 Å². The molecule has 0 aliphatic rings. The predicted octanol–water partition coefficient (Wildman–Crippen LogP) is 0.387. The first kappa shape index (κ1) is 16.3. The fourth-order valence-corrected chi connectivity index (χ4v) is 0. The fourth-order valence-electron chi connectivity index (χ4n) is 0. The summed E-state index contributed by atoms with van der Waals surface area (Å²) in [6.45, 7) is 3.89. The average Bonchev–Trinajstić information content (AvgIpc) is 1.60. The summed E-state index contributed by atoms with van der Waals surface area (Å²) in [5.41, 5.74) is 0. The molecule has 0 atom stereocenters. The van der Waals surface area contributed by atoms with Crippen LogP contribution >= 0.6 is 0 Å². The van der Waals surface area contributed by atoms with Crippen LogP contribution in [0.15, 0.2) is 0 Å². The lowest BCUT2D eigenvalue weighted by molar-refractivity contribution is -0.134. The third-order valence-corrected chi connectivity index (χ3v) is 0. The molecule has 0 saturated carbocycles. The van der Waals surface area contributed by atoms with Crippen LogP contribution in [0.3, 0.4) is 0 Å². The minimum absolute atomic E-state index is 0.167. The second-order valence-corrected chi connectivity index (χ2v) is 1.53. The Labute approximate surface area is 64.6 Å². The van der Waals surface area contributed by atoms with Crippen LogP contribution in [0.5, 0.6) is 0 Å². The molecule has 2 N–H and O–H groups in total. The summed E-state index contributed by atoms with van der Waals surface area (Å²) < 4.78 is 0. The molecule has 0 spiro atoms. The van der Waals surface area contributed by atoms with E-state index in [1.165, 1.54) is 13.8 Å². The molecule has 5 nitrogen and oxygen atoms in total. The lowest BCUT2D eigenvalue weighted by atomic mass is 10.6.